The maximum Gasteiger partial charge on any atom is 0.338 e. The molecule has 1 aliphatic rings. The summed E-state index contributed by atoms with van der Waals surface area (Å²) in [7, 11) is 0. The van der Waals surface area contributed by atoms with Crippen LogP contribution in [0, 0.1) is 13.8 Å². The first-order valence-electron chi connectivity index (χ1n) is 11.1. The van der Waals surface area contributed by atoms with Gasteiger partial charge in [0.05, 0.1) is 17.7 Å². The molecule has 6 nitrogen and oxygen atoms in total. The van der Waals surface area contributed by atoms with Gasteiger partial charge in [-0.25, -0.2) is 9.59 Å². The van der Waals surface area contributed by atoms with Crippen LogP contribution in [0.5, 0.6) is 11.5 Å². The number of unbranched alkanes of at least 4 members (excludes halogenated alkanes) is 1. The Labute approximate surface area is 190 Å². The topological polar surface area (TPSA) is 76.7 Å². The number of carbonyl (C=O) groups excluding carboxylic acids is 2. The van der Waals surface area contributed by atoms with Crippen molar-refractivity contribution in [3.63, 3.8) is 0 Å². The van der Waals surface area contributed by atoms with Crippen molar-refractivity contribution in [2.45, 2.75) is 66.0 Å². The minimum absolute atomic E-state index is 0.255. The monoisotopic (exact) mass is 436 g/mol. The molecule has 6 heteroatoms. The van der Waals surface area contributed by atoms with Gasteiger partial charge in [-0.15, -0.1) is 0 Å². The molecular weight excluding hydrogens is 404 g/mol. The van der Waals surface area contributed by atoms with Crippen LogP contribution in [0.25, 0.3) is 0 Å². The van der Waals surface area contributed by atoms with Gasteiger partial charge in [-0.05, 0) is 81.5 Å². The van der Waals surface area contributed by atoms with Crippen molar-refractivity contribution in [3.05, 3.63) is 70.4 Å². The van der Waals surface area contributed by atoms with Crippen LogP contribution in [0.1, 0.15) is 62.8 Å². The van der Waals surface area contributed by atoms with E-state index in [2.05, 4.69) is 24.5 Å². The first kappa shape index (κ1) is 23.4. The van der Waals surface area contributed by atoms with Crippen molar-refractivity contribution < 1.29 is 19.1 Å². The normalized spacial score (nSPS) is 15.9. The maximum atomic E-state index is 12.9. The maximum absolute atomic E-state index is 12.9. The molecule has 0 aromatic heterocycles. The molecule has 2 aromatic rings. The lowest BCUT2D eigenvalue weighted by Gasteiger charge is -2.30. The quantitative estimate of drug-likeness (QED) is 0.509. The molecule has 0 aliphatic carbocycles. The third-order valence-electron chi connectivity index (χ3n) is 5.42. The van der Waals surface area contributed by atoms with Crippen LogP contribution < -0.4 is 15.4 Å². The van der Waals surface area contributed by atoms with Crippen LogP contribution in [0.3, 0.4) is 0 Å². The number of aryl methyl sites for hydroxylation is 2. The van der Waals surface area contributed by atoms with Crippen LogP contribution in [0.4, 0.5) is 4.79 Å². The molecule has 0 radical (unpaired) electrons. The first-order chi connectivity index (χ1) is 15.3. The lowest BCUT2D eigenvalue weighted by Crippen LogP contribution is -2.46. The van der Waals surface area contributed by atoms with Crippen LogP contribution in [0.2, 0.25) is 0 Å². The second-order valence-electron chi connectivity index (χ2n) is 8.40. The molecule has 32 heavy (non-hydrogen) atoms. The Bertz CT molecular complexity index is 1010. The van der Waals surface area contributed by atoms with Gasteiger partial charge in [-0.3, -0.25) is 0 Å². The van der Waals surface area contributed by atoms with E-state index in [1.807, 2.05) is 63.2 Å². The van der Waals surface area contributed by atoms with Gasteiger partial charge in [0.25, 0.3) is 0 Å². The highest BCUT2D eigenvalue weighted by Crippen LogP contribution is 2.32. The molecule has 2 amide bonds. The fourth-order valence-corrected chi connectivity index (χ4v) is 3.58. The molecule has 2 aromatic carbocycles. The van der Waals surface area contributed by atoms with Gasteiger partial charge in [0.15, 0.2) is 0 Å². The van der Waals surface area contributed by atoms with E-state index in [0.717, 1.165) is 29.7 Å². The molecule has 0 saturated heterocycles. The van der Waals surface area contributed by atoms with E-state index in [9.17, 15) is 9.59 Å². The lowest BCUT2D eigenvalue weighted by atomic mass is 9.93. The largest absolute Gasteiger partial charge is 0.459 e. The molecule has 0 bridgehead atoms. The highest BCUT2D eigenvalue weighted by molar-refractivity contribution is 5.95. The van der Waals surface area contributed by atoms with Crippen molar-refractivity contribution in [2.75, 3.05) is 0 Å². The molecule has 2 N–H and O–H groups in total. The van der Waals surface area contributed by atoms with Crippen LogP contribution in [-0.2, 0) is 9.53 Å². The van der Waals surface area contributed by atoms with E-state index in [-0.39, 0.29) is 12.1 Å². The molecular formula is C26H32N2O4. The number of esters is 1. The predicted octanol–water partition coefficient (Wildman–Crippen LogP) is 5.85. The second kappa shape index (κ2) is 10.4. The summed E-state index contributed by atoms with van der Waals surface area (Å²) in [6.45, 7) is 9.80. The molecule has 170 valence electrons. The van der Waals surface area contributed by atoms with E-state index < -0.39 is 12.0 Å². The second-order valence-corrected chi connectivity index (χ2v) is 8.40. The molecule has 0 fully saturated rings. The van der Waals surface area contributed by atoms with Crippen LogP contribution >= 0.6 is 0 Å². The summed E-state index contributed by atoms with van der Waals surface area (Å²) in [4.78, 5) is 25.3. The highest BCUT2D eigenvalue weighted by atomic mass is 16.5. The minimum Gasteiger partial charge on any atom is -0.459 e. The van der Waals surface area contributed by atoms with E-state index in [0.29, 0.717) is 23.4 Å². The fourth-order valence-electron chi connectivity index (χ4n) is 3.58. The third kappa shape index (κ3) is 5.69. The summed E-state index contributed by atoms with van der Waals surface area (Å²) in [5, 5.41) is 5.69. The average molecular weight is 437 g/mol. The van der Waals surface area contributed by atoms with Crippen LogP contribution in [-0.4, -0.2) is 18.1 Å². The van der Waals surface area contributed by atoms with Gasteiger partial charge in [0.2, 0.25) is 0 Å². The Morgan fingerprint density at radius 2 is 1.72 bits per heavy atom. The SMILES string of the molecule is CCCCC1=C(C(=O)OC(C)C)C(c2ccc(Oc3ccc(C)c(C)c3)cc2)NC(=O)N1. The zero-order chi connectivity index (χ0) is 23.3. The molecule has 1 unspecified atom stereocenters. The zero-order valence-corrected chi connectivity index (χ0v) is 19.5. The van der Waals surface area contributed by atoms with Crippen molar-refractivity contribution in [3.8, 4) is 11.5 Å². The molecule has 0 saturated carbocycles. The highest BCUT2D eigenvalue weighted by Gasteiger charge is 2.33. The van der Waals surface area contributed by atoms with Gasteiger partial charge in [-0.1, -0.05) is 31.5 Å². The van der Waals surface area contributed by atoms with Crippen molar-refractivity contribution in [1.82, 2.24) is 10.6 Å². The van der Waals surface area contributed by atoms with Crippen LogP contribution in [0.15, 0.2) is 53.7 Å². The van der Waals surface area contributed by atoms with Crippen molar-refractivity contribution in [2.24, 2.45) is 0 Å². The minimum atomic E-state index is -0.586. The van der Waals surface area contributed by atoms with E-state index in [1.54, 1.807) is 0 Å². The Kier molecular flexibility index (Phi) is 7.57. The molecule has 0 spiro atoms. The number of rotatable bonds is 8. The van der Waals surface area contributed by atoms with E-state index in [1.165, 1.54) is 5.56 Å². The third-order valence-corrected chi connectivity index (χ3v) is 5.42. The number of allylic oxidation sites excluding steroid dienone is 1. The summed E-state index contributed by atoms with van der Waals surface area (Å²) in [5.74, 6) is 1.02. The number of benzene rings is 2. The summed E-state index contributed by atoms with van der Waals surface area (Å²) >= 11 is 0. The zero-order valence-electron chi connectivity index (χ0n) is 19.5. The van der Waals surface area contributed by atoms with Gasteiger partial charge in [0, 0.05) is 5.70 Å². The number of hydrogen-bond acceptors (Lipinski definition) is 4. The number of carbonyl (C=O) groups is 2. The molecule has 1 aliphatic heterocycles. The Morgan fingerprint density at radius 1 is 1.03 bits per heavy atom. The smallest absolute Gasteiger partial charge is 0.338 e. The summed E-state index contributed by atoms with van der Waals surface area (Å²) in [6, 6.07) is 12.5. The number of amides is 2. The Balaban J connectivity index is 1.89. The first-order valence-corrected chi connectivity index (χ1v) is 11.1. The van der Waals surface area contributed by atoms with Crippen molar-refractivity contribution in [1.29, 1.82) is 0 Å². The molecule has 1 atom stereocenters. The number of urea groups is 1. The number of nitrogens with one attached hydrogen (secondary N) is 2. The predicted molar refractivity (Wildman–Crippen MR) is 125 cm³/mol. The van der Waals surface area contributed by atoms with Gasteiger partial charge >= 0.3 is 12.0 Å². The fraction of sp³-hybridized carbons (Fsp3) is 0.385. The summed E-state index contributed by atoms with van der Waals surface area (Å²) in [6.07, 6.45) is 2.17. The Hall–Kier alpha value is -3.28. The van der Waals surface area contributed by atoms with Gasteiger partial charge in [-0.2, -0.15) is 0 Å². The number of hydrogen-bond donors (Lipinski definition) is 2. The number of ether oxygens (including phenoxy) is 2. The summed E-state index contributed by atoms with van der Waals surface area (Å²) < 4.78 is 11.5. The summed E-state index contributed by atoms with van der Waals surface area (Å²) in [5.41, 5.74) is 4.24. The molecule has 3 rings (SSSR count). The lowest BCUT2D eigenvalue weighted by molar-refractivity contribution is -0.143. The average Bonchev–Trinajstić information content (AvgIpc) is 2.74. The molecule has 1 heterocycles. The van der Waals surface area contributed by atoms with Crippen molar-refractivity contribution >= 4 is 12.0 Å². The standard InChI is InChI=1S/C26H32N2O4/c1-6-7-8-22-23(25(29)31-16(2)3)24(28-26(30)27-22)19-10-13-20(14-11-19)32-21-12-9-17(4)18(5)15-21/h9-16,24H,6-8H2,1-5H3,(H2,27,28,30). The van der Waals surface area contributed by atoms with E-state index >= 15 is 0 Å². The van der Waals surface area contributed by atoms with Gasteiger partial charge in [0.1, 0.15) is 11.5 Å². The van der Waals surface area contributed by atoms with Gasteiger partial charge < -0.3 is 20.1 Å². The van der Waals surface area contributed by atoms with E-state index in [4.69, 9.17) is 9.47 Å². The Morgan fingerprint density at radius 3 is 2.34 bits per heavy atom.